The Hall–Kier alpha value is -1.81. The third-order valence-electron chi connectivity index (χ3n) is 4.44. The molecule has 4 nitrogen and oxygen atoms in total. The minimum Gasteiger partial charge on any atom is -0.493 e. The van der Waals surface area contributed by atoms with Gasteiger partial charge in [-0.15, -0.1) is 0 Å². The lowest BCUT2D eigenvalue weighted by molar-refractivity contribution is 0.123. The lowest BCUT2D eigenvalue weighted by atomic mass is 9.79. The van der Waals surface area contributed by atoms with Crippen molar-refractivity contribution in [1.29, 1.82) is 0 Å². The first kappa shape index (κ1) is 14.1. The Kier molecular flexibility index (Phi) is 3.97. The highest BCUT2D eigenvalue weighted by molar-refractivity contribution is 5.37. The van der Waals surface area contributed by atoms with Gasteiger partial charge in [-0.2, -0.15) is 5.10 Å². The number of nitrogens with zero attached hydrogens (tertiary/aromatic N) is 2. The molecule has 1 aliphatic rings. The van der Waals surface area contributed by atoms with Gasteiger partial charge in [0.1, 0.15) is 11.8 Å². The van der Waals surface area contributed by atoms with Crippen LogP contribution in [0.1, 0.15) is 48.6 Å². The molecule has 0 amide bonds. The molecule has 4 heteroatoms. The van der Waals surface area contributed by atoms with Gasteiger partial charge in [0.05, 0.1) is 13.3 Å². The third-order valence-corrected chi connectivity index (χ3v) is 4.44. The molecule has 0 aliphatic heterocycles. The number of hydrogen-bond donors (Lipinski definition) is 1. The van der Waals surface area contributed by atoms with Gasteiger partial charge in [-0.05, 0) is 37.3 Å². The number of aliphatic hydroxyl groups excluding tert-OH is 1. The maximum atomic E-state index is 11.0. The summed E-state index contributed by atoms with van der Waals surface area (Å²) in [6.07, 6.45) is 4.32. The topological polar surface area (TPSA) is 47.3 Å². The van der Waals surface area contributed by atoms with Crippen molar-refractivity contribution in [3.05, 3.63) is 47.3 Å². The minimum atomic E-state index is -0.580. The zero-order valence-corrected chi connectivity index (χ0v) is 12.6. The molecule has 21 heavy (non-hydrogen) atoms. The summed E-state index contributed by atoms with van der Waals surface area (Å²) >= 11 is 0. The predicted molar refractivity (Wildman–Crippen MR) is 81.5 cm³/mol. The zero-order chi connectivity index (χ0) is 14.8. The van der Waals surface area contributed by atoms with Gasteiger partial charge in [0.2, 0.25) is 0 Å². The normalized spacial score (nSPS) is 19.1. The largest absolute Gasteiger partial charge is 0.493 e. The van der Waals surface area contributed by atoms with E-state index in [-0.39, 0.29) is 5.92 Å². The first-order valence-electron chi connectivity index (χ1n) is 7.61. The summed E-state index contributed by atoms with van der Waals surface area (Å²) in [5, 5.41) is 15.3. The summed E-state index contributed by atoms with van der Waals surface area (Å²) in [5.74, 6) is 0.790. The maximum Gasteiger partial charge on any atom is 0.162 e. The lowest BCUT2D eigenvalue weighted by Crippen LogP contribution is -2.20. The number of aromatic nitrogens is 2. The van der Waals surface area contributed by atoms with Crippen LogP contribution in [0.2, 0.25) is 0 Å². The van der Waals surface area contributed by atoms with E-state index in [1.807, 2.05) is 11.6 Å². The number of rotatable bonds is 4. The molecular formula is C17H22N2O2. The summed E-state index contributed by atoms with van der Waals surface area (Å²) in [5.41, 5.74) is 3.41. The van der Waals surface area contributed by atoms with Gasteiger partial charge in [0.15, 0.2) is 5.75 Å². The number of ether oxygens (including phenoxy) is 1. The molecule has 1 aliphatic carbocycles. The van der Waals surface area contributed by atoms with Crippen molar-refractivity contribution in [3.63, 3.8) is 0 Å². The maximum absolute atomic E-state index is 11.0. The first-order valence-corrected chi connectivity index (χ1v) is 7.61. The molecular weight excluding hydrogens is 264 g/mol. The van der Waals surface area contributed by atoms with Gasteiger partial charge in [0, 0.05) is 12.5 Å². The highest BCUT2D eigenvalue weighted by atomic mass is 16.5. The van der Waals surface area contributed by atoms with Gasteiger partial charge < -0.3 is 9.84 Å². The Balaban J connectivity index is 2.00. The lowest BCUT2D eigenvalue weighted by Gasteiger charge is -2.30. The van der Waals surface area contributed by atoms with Crippen LogP contribution in [0.4, 0.5) is 0 Å². The van der Waals surface area contributed by atoms with E-state index in [0.717, 1.165) is 31.5 Å². The fourth-order valence-corrected chi connectivity index (χ4v) is 3.40. The molecule has 1 heterocycles. The van der Waals surface area contributed by atoms with Crippen molar-refractivity contribution in [1.82, 2.24) is 9.78 Å². The van der Waals surface area contributed by atoms with Crippen molar-refractivity contribution in [2.45, 2.75) is 44.8 Å². The van der Waals surface area contributed by atoms with Crippen LogP contribution in [-0.2, 0) is 13.0 Å². The van der Waals surface area contributed by atoms with E-state index in [2.05, 4.69) is 29.4 Å². The monoisotopic (exact) mass is 286 g/mol. The molecule has 0 bridgehead atoms. The van der Waals surface area contributed by atoms with E-state index in [4.69, 9.17) is 4.74 Å². The summed E-state index contributed by atoms with van der Waals surface area (Å²) in [7, 11) is 1.63. The van der Waals surface area contributed by atoms with E-state index in [9.17, 15) is 5.11 Å². The SMILES string of the molecule is CCn1ncc(OC)c1C(O)C1CCCc2ccccc21. The van der Waals surface area contributed by atoms with Gasteiger partial charge in [0.25, 0.3) is 0 Å². The summed E-state index contributed by atoms with van der Waals surface area (Å²) < 4.78 is 7.22. The van der Waals surface area contributed by atoms with Crippen LogP contribution in [-0.4, -0.2) is 22.0 Å². The van der Waals surface area contributed by atoms with Crippen LogP contribution in [0.15, 0.2) is 30.5 Å². The molecule has 2 atom stereocenters. The average molecular weight is 286 g/mol. The molecule has 0 fully saturated rings. The van der Waals surface area contributed by atoms with Crippen LogP contribution in [0.3, 0.4) is 0 Å². The second-order valence-corrected chi connectivity index (χ2v) is 5.56. The fourth-order valence-electron chi connectivity index (χ4n) is 3.40. The molecule has 112 valence electrons. The Morgan fingerprint density at radius 1 is 1.43 bits per heavy atom. The second-order valence-electron chi connectivity index (χ2n) is 5.56. The number of methoxy groups -OCH3 is 1. The van der Waals surface area contributed by atoms with Crippen molar-refractivity contribution >= 4 is 0 Å². The number of benzene rings is 1. The molecule has 0 spiro atoms. The Labute approximate surface area is 125 Å². The Morgan fingerprint density at radius 3 is 3.00 bits per heavy atom. The molecule has 0 saturated carbocycles. The second kappa shape index (κ2) is 5.90. The van der Waals surface area contributed by atoms with Crippen LogP contribution in [0.25, 0.3) is 0 Å². The number of hydrogen-bond acceptors (Lipinski definition) is 3. The van der Waals surface area contributed by atoms with Crippen LogP contribution < -0.4 is 4.74 Å². The highest BCUT2D eigenvalue weighted by Gasteiger charge is 2.31. The average Bonchev–Trinajstić information content (AvgIpc) is 2.96. The highest BCUT2D eigenvalue weighted by Crippen LogP contribution is 2.42. The Morgan fingerprint density at radius 2 is 2.24 bits per heavy atom. The van der Waals surface area contributed by atoms with Crippen LogP contribution in [0.5, 0.6) is 5.75 Å². The number of aryl methyl sites for hydroxylation is 2. The molecule has 0 radical (unpaired) electrons. The van der Waals surface area contributed by atoms with E-state index >= 15 is 0 Å². The zero-order valence-electron chi connectivity index (χ0n) is 12.6. The standard InChI is InChI=1S/C17H22N2O2/c1-3-19-16(15(21-2)11-18-19)17(20)14-10-6-8-12-7-4-5-9-13(12)14/h4-5,7,9,11,14,17,20H,3,6,8,10H2,1-2H3. The predicted octanol–water partition coefficient (Wildman–Crippen LogP) is 3.07. The van der Waals surface area contributed by atoms with Gasteiger partial charge in [-0.25, -0.2) is 0 Å². The van der Waals surface area contributed by atoms with E-state index in [0.29, 0.717) is 5.75 Å². The van der Waals surface area contributed by atoms with Gasteiger partial charge in [-0.3, -0.25) is 4.68 Å². The minimum absolute atomic E-state index is 0.117. The summed E-state index contributed by atoms with van der Waals surface area (Å²) in [4.78, 5) is 0. The molecule has 2 aromatic rings. The molecule has 1 aromatic heterocycles. The Bertz CT molecular complexity index is 600. The molecule has 0 saturated heterocycles. The van der Waals surface area contributed by atoms with Gasteiger partial charge >= 0.3 is 0 Å². The molecule has 3 rings (SSSR count). The van der Waals surface area contributed by atoms with E-state index in [1.165, 1.54) is 11.1 Å². The van der Waals surface area contributed by atoms with Crippen molar-refractivity contribution in [2.75, 3.05) is 7.11 Å². The summed E-state index contributed by atoms with van der Waals surface area (Å²) in [6.45, 7) is 2.75. The van der Waals surface area contributed by atoms with Crippen LogP contribution >= 0.6 is 0 Å². The quantitative estimate of drug-likeness (QED) is 0.939. The van der Waals surface area contributed by atoms with Crippen molar-refractivity contribution in [3.8, 4) is 5.75 Å². The smallest absolute Gasteiger partial charge is 0.162 e. The van der Waals surface area contributed by atoms with Crippen LogP contribution in [0, 0.1) is 0 Å². The van der Waals surface area contributed by atoms with Crippen molar-refractivity contribution < 1.29 is 9.84 Å². The van der Waals surface area contributed by atoms with E-state index in [1.54, 1.807) is 13.3 Å². The molecule has 1 aromatic carbocycles. The molecule has 2 unspecified atom stereocenters. The summed E-state index contributed by atoms with van der Waals surface area (Å²) in [6, 6.07) is 8.44. The number of fused-ring (bicyclic) bond motifs is 1. The van der Waals surface area contributed by atoms with Gasteiger partial charge in [-0.1, -0.05) is 24.3 Å². The van der Waals surface area contributed by atoms with E-state index < -0.39 is 6.10 Å². The first-order chi connectivity index (χ1) is 10.3. The van der Waals surface area contributed by atoms with Crippen molar-refractivity contribution in [2.24, 2.45) is 0 Å². The third kappa shape index (κ3) is 2.44. The molecule has 1 N–H and O–H groups in total. The fraction of sp³-hybridized carbons (Fsp3) is 0.471. The number of aliphatic hydroxyl groups is 1.